The maximum absolute atomic E-state index is 14.2. The highest BCUT2D eigenvalue weighted by Crippen LogP contribution is 2.31. The molecule has 0 aliphatic rings. The van der Waals surface area contributed by atoms with Crippen molar-refractivity contribution in [2.24, 2.45) is 0 Å². The summed E-state index contributed by atoms with van der Waals surface area (Å²) in [5, 5.41) is 4.56. The lowest BCUT2D eigenvalue weighted by molar-refractivity contribution is 0.0517. The van der Waals surface area contributed by atoms with Gasteiger partial charge in [-0.15, -0.1) is 0 Å². The summed E-state index contributed by atoms with van der Waals surface area (Å²) >= 11 is 0. The highest BCUT2D eigenvalue weighted by molar-refractivity contribution is 5.92. The van der Waals surface area contributed by atoms with Crippen molar-refractivity contribution in [3.63, 3.8) is 0 Å². The molecule has 0 bridgehead atoms. The molecule has 0 unspecified atom stereocenters. The molecule has 4 nitrogen and oxygen atoms in total. The minimum atomic E-state index is -0.460. The summed E-state index contributed by atoms with van der Waals surface area (Å²) < 4.78 is 21.1. The molecule has 1 aromatic carbocycles. The second-order valence-electron chi connectivity index (χ2n) is 6.36. The molecule has 0 aliphatic carbocycles. The Balaban J connectivity index is 2.84. The number of hydrogen-bond acceptors (Lipinski definition) is 3. The van der Waals surface area contributed by atoms with Crippen LogP contribution in [0.15, 0.2) is 47.8 Å². The summed E-state index contributed by atoms with van der Waals surface area (Å²) in [5.41, 5.74) is 4.26. The van der Waals surface area contributed by atoms with Gasteiger partial charge < -0.3 is 4.74 Å². The molecule has 0 spiro atoms. The second kappa shape index (κ2) is 9.31. The normalized spacial score (nSPS) is 11.4. The summed E-state index contributed by atoms with van der Waals surface area (Å²) in [7, 11) is 0. The highest BCUT2D eigenvalue weighted by atomic mass is 19.1. The van der Waals surface area contributed by atoms with Crippen LogP contribution in [-0.4, -0.2) is 22.4 Å². The van der Waals surface area contributed by atoms with Crippen LogP contribution in [0.2, 0.25) is 0 Å². The van der Waals surface area contributed by atoms with Gasteiger partial charge in [0.05, 0.1) is 18.0 Å². The number of esters is 1. The zero-order valence-electron chi connectivity index (χ0n) is 16.7. The van der Waals surface area contributed by atoms with E-state index in [4.69, 9.17) is 4.74 Å². The van der Waals surface area contributed by atoms with E-state index >= 15 is 0 Å². The van der Waals surface area contributed by atoms with Crippen LogP contribution in [0, 0.1) is 0 Å². The van der Waals surface area contributed by atoms with Crippen molar-refractivity contribution < 1.29 is 13.9 Å². The Kier molecular flexibility index (Phi) is 7.11. The minimum Gasteiger partial charge on any atom is -0.461 e. The molecule has 0 fully saturated rings. The lowest BCUT2D eigenvalue weighted by Crippen LogP contribution is -2.08. The maximum Gasteiger partial charge on any atom is 0.359 e. The number of carbonyl (C=O) groups excluding carboxylic acids is 1. The predicted molar refractivity (Wildman–Crippen MR) is 107 cm³/mol. The van der Waals surface area contributed by atoms with Gasteiger partial charge in [-0.1, -0.05) is 37.6 Å². The van der Waals surface area contributed by atoms with Crippen molar-refractivity contribution in [1.82, 2.24) is 9.78 Å². The number of allylic oxidation sites excluding steroid dienone is 4. The number of para-hydroxylation sites is 1. The van der Waals surface area contributed by atoms with Gasteiger partial charge in [0.15, 0.2) is 5.69 Å². The molecular weight excluding hydrogens is 343 g/mol. The van der Waals surface area contributed by atoms with E-state index in [9.17, 15) is 9.18 Å². The molecular formula is C22H27FN2O2. The van der Waals surface area contributed by atoms with Crippen LogP contribution in [0.4, 0.5) is 4.39 Å². The zero-order valence-corrected chi connectivity index (χ0v) is 16.7. The van der Waals surface area contributed by atoms with Crippen LogP contribution in [0.25, 0.3) is 11.3 Å². The molecule has 2 rings (SSSR count). The van der Waals surface area contributed by atoms with E-state index < -0.39 is 5.97 Å². The van der Waals surface area contributed by atoms with Gasteiger partial charge >= 0.3 is 5.97 Å². The number of hydrogen-bond donors (Lipinski definition) is 0. The molecule has 0 amide bonds. The van der Waals surface area contributed by atoms with Gasteiger partial charge in [0.25, 0.3) is 0 Å². The third kappa shape index (κ3) is 4.54. The van der Waals surface area contributed by atoms with E-state index in [0.29, 0.717) is 12.8 Å². The molecule has 27 heavy (non-hydrogen) atoms. The van der Waals surface area contributed by atoms with Gasteiger partial charge in [0, 0.05) is 11.1 Å². The SMILES string of the molecule is CCOC(=O)c1nn(-c2ccccc2)c(C(/C=C(/F)CC)=C(C)C)c1CC. The first kappa shape index (κ1) is 20.6. The maximum atomic E-state index is 14.2. The fourth-order valence-electron chi connectivity index (χ4n) is 2.89. The lowest BCUT2D eigenvalue weighted by Gasteiger charge is -2.12. The van der Waals surface area contributed by atoms with Crippen LogP contribution < -0.4 is 0 Å². The van der Waals surface area contributed by atoms with Gasteiger partial charge in [-0.3, -0.25) is 0 Å². The van der Waals surface area contributed by atoms with E-state index in [-0.39, 0.29) is 18.1 Å². The zero-order chi connectivity index (χ0) is 20.0. The topological polar surface area (TPSA) is 44.1 Å². The van der Waals surface area contributed by atoms with Crippen molar-refractivity contribution in [3.05, 3.63) is 64.8 Å². The van der Waals surface area contributed by atoms with Crippen molar-refractivity contribution in [2.45, 2.75) is 47.5 Å². The Morgan fingerprint density at radius 1 is 1.19 bits per heavy atom. The molecule has 0 saturated carbocycles. The van der Waals surface area contributed by atoms with Crippen LogP contribution >= 0.6 is 0 Å². The standard InChI is InChI=1S/C22H27FN2O2/c1-6-16(23)14-19(15(4)5)21-18(7-2)20(22(26)27-8-3)24-25(21)17-12-10-9-11-13-17/h9-14H,6-8H2,1-5H3/b16-14+. The van der Waals surface area contributed by atoms with Gasteiger partial charge in [-0.25, -0.2) is 13.9 Å². The van der Waals surface area contributed by atoms with Gasteiger partial charge in [0.1, 0.15) is 5.83 Å². The fourth-order valence-corrected chi connectivity index (χ4v) is 2.89. The summed E-state index contributed by atoms with van der Waals surface area (Å²) in [6.07, 6.45) is 2.43. The van der Waals surface area contributed by atoms with E-state index in [1.54, 1.807) is 24.6 Å². The van der Waals surface area contributed by atoms with Crippen molar-refractivity contribution in [2.75, 3.05) is 6.61 Å². The quantitative estimate of drug-likeness (QED) is 0.466. The largest absolute Gasteiger partial charge is 0.461 e. The molecule has 0 radical (unpaired) electrons. The van der Waals surface area contributed by atoms with Crippen molar-refractivity contribution in [3.8, 4) is 5.69 Å². The Bertz CT molecular complexity index is 860. The smallest absolute Gasteiger partial charge is 0.359 e. The van der Waals surface area contributed by atoms with Crippen molar-refractivity contribution >= 4 is 11.5 Å². The Morgan fingerprint density at radius 3 is 2.37 bits per heavy atom. The molecule has 0 aliphatic heterocycles. The Labute approximate surface area is 160 Å². The van der Waals surface area contributed by atoms with Crippen LogP contribution in [0.1, 0.15) is 62.8 Å². The molecule has 1 aromatic heterocycles. The Hall–Kier alpha value is -2.69. The molecule has 1 heterocycles. The molecule has 2 aromatic rings. The number of rotatable bonds is 7. The lowest BCUT2D eigenvalue weighted by atomic mass is 9.99. The summed E-state index contributed by atoms with van der Waals surface area (Å²) in [6, 6.07) is 9.54. The van der Waals surface area contributed by atoms with Crippen LogP contribution in [0.3, 0.4) is 0 Å². The average Bonchev–Trinajstić information content (AvgIpc) is 3.05. The molecule has 0 saturated heterocycles. The number of benzene rings is 1. The fraction of sp³-hybridized carbons (Fsp3) is 0.364. The first-order chi connectivity index (χ1) is 12.9. The third-order valence-corrected chi connectivity index (χ3v) is 4.24. The third-order valence-electron chi connectivity index (χ3n) is 4.24. The minimum absolute atomic E-state index is 0.216. The van der Waals surface area contributed by atoms with Crippen molar-refractivity contribution in [1.29, 1.82) is 0 Å². The summed E-state index contributed by atoms with van der Waals surface area (Å²) in [4.78, 5) is 12.5. The molecule has 144 valence electrons. The number of aromatic nitrogens is 2. The molecule has 0 atom stereocenters. The monoisotopic (exact) mass is 370 g/mol. The van der Waals surface area contributed by atoms with E-state index in [0.717, 1.165) is 28.1 Å². The summed E-state index contributed by atoms with van der Waals surface area (Å²) in [6.45, 7) is 9.63. The number of nitrogens with zero attached hydrogens (tertiary/aromatic N) is 2. The van der Waals surface area contributed by atoms with Crippen LogP contribution in [0.5, 0.6) is 0 Å². The second-order valence-corrected chi connectivity index (χ2v) is 6.36. The van der Waals surface area contributed by atoms with Gasteiger partial charge in [0.2, 0.25) is 0 Å². The first-order valence-electron chi connectivity index (χ1n) is 9.32. The number of halogens is 1. The number of carbonyl (C=O) groups is 1. The molecule has 5 heteroatoms. The van der Waals surface area contributed by atoms with Gasteiger partial charge in [-0.2, -0.15) is 5.10 Å². The average molecular weight is 370 g/mol. The van der Waals surface area contributed by atoms with E-state index in [2.05, 4.69) is 5.10 Å². The van der Waals surface area contributed by atoms with Crippen LogP contribution in [-0.2, 0) is 11.2 Å². The predicted octanol–water partition coefficient (Wildman–Crippen LogP) is 5.67. The number of ether oxygens (including phenoxy) is 1. The molecule has 0 N–H and O–H groups in total. The first-order valence-corrected chi connectivity index (χ1v) is 9.32. The summed E-state index contributed by atoms with van der Waals surface area (Å²) in [5.74, 6) is -0.676. The van der Waals surface area contributed by atoms with E-state index in [1.807, 2.05) is 51.1 Å². The van der Waals surface area contributed by atoms with E-state index in [1.165, 1.54) is 0 Å². The Morgan fingerprint density at radius 2 is 1.85 bits per heavy atom. The van der Waals surface area contributed by atoms with Gasteiger partial charge in [-0.05, 0) is 51.8 Å². The highest BCUT2D eigenvalue weighted by Gasteiger charge is 2.25.